The molecule has 0 aliphatic rings. The summed E-state index contributed by atoms with van der Waals surface area (Å²) in [5.41, 5.74) is 6.47. The van der Waals surface area contributed by atoms with Crippen molar-refractivity contribution in [3.63, 3.8) is 0 Å². The number of methoxy groups -OCH3 is 1. The van der Waals surface area contributed by atoms with E-state index in [1.54, 1.807) is 54.6 Å². The van der Waals surface area contributed by atoms with Crippen LogP contribution in [-0.4, -0.2) is 28.0 Å². The van der Waals surface area contributed by atoms with E-state index in [1.807, 2.05) is 0 Å². The summed E-state index contributed by atoms with van der Waals surface area (Å²) in [6.45, 7) is -0.549. The number of benzene rings is 2. The average Bonchev–Trinajstić information content (AvgIpc) is 2.77. The lowest BCUT2D eigenvalue weighted by molar-refractivity contribution is -0.607. The van der Waals surface area contributed by atoms with Gasteiger partial charge in [-0.05, 0) is 48.0 Å². The molecule has 0 saturated heterocycles. The van der Waals surface area contributed by atoms with Gasteiger partial charge < -0.3 is 15.7 Å². The molecule has 0 atom stereocenters. The van der Waals surface area contributed by atoms with Crippen molar-refractivity contribution in [2.75, 3.05) is 18.0 Å². The second-order valence-electron chi connectivity index (χ2n) is 6.50. The van der Waals surface area contributed by atoms with E-state index in [4.69, 9.17) is 10.5 Å². The normalized spacial score (nSPS) is 11.4. The molecule has 9 heteroatoms. The molecule has 3 rings (SSSR count). The van der Waals surface area contributed by atoms with Crippen molar-refractivity contribution in [2.24, 2.45) is 5.73 Å². The topological polar surface area (TPSA) is 117 Å². The van der Waals surface area contributed by atoms with E-state index in [2.05, 4.69) is 0 Å². The molecule has 0 saturated carbocycles. The fourth-order valence-electron chi connectivity index (χ4n) is 2.92. The zero-order chi connectivity index (χ0) is 22.4. The highest BCUT2D eigenvalue weighted by molar-refractivity contribution is 7.92. The van der Waals surface area contributed by atoms with Crippen LogP contribution >= 0.6 is 0 Å². The summed E-state index contributed by atoms with van der Waals surface area (Å²) in [6, 6.07) is 17.4. The van der Waals surface area contributed by atoms with E-state index in [-0.39, 0.29) is 10.6 Å². The third kappa shape index (κ3) is 5.01. The van der Waals surface area contributed by atoms with E-state index in [1.165, 1.54) is 37.6 Å². The van der Waals surface area contributed by atoms with Crippen molar-refractivity contribution in [1.82, 2.24) is 0 Å². The van der Waals surface area contributed by atoms with Gasteiger partial charge in [0, 0.05) is 18.2 Å². The molecule has 3 aromatic rings. The van der Waals surface area contributed by atoms with Crippen LogP contribution in [-0.2, 0) is 14.8 Å². The molecule has 1 aromatic heterocycles. The Kier molecular flexibility index (Phi) is 6.56. The predicted octanol–water partition coefficient (Wildman–Crippen LogP) is 2.18. The molecule has 0 fully saturated rings. The molecule has 8 nitrogen and oxygen atoms in total. The zero-order valence-electron chi connectivity index (χ0n) is 16.7. The summed E-state index contributed by atoms with van der Waals surface area (Å²) in [6.07, 6.45) is 4.53. The van der Waals surface area contributed by atoms with Gasteiger partial charge in [-0.25, -0.2) is 8.42 Å². The maximum atomic E-state index is 13.3. The number of anilines is 1. The van der Waals surface area contributed by atoms with Crippen molar-refractivity contribution >= 4 is 33.8 Å². The molecule has 0 unspecified atom stereocenters. The van der Waals surface area contributed by atoms with Crippen molar-refractivity contribution in [2.45, 2.75) is 4.90 Å². The number of sulfonamides is 1. The van der Waals surface area contributed by atoms with Gasteiger partial charge in [0.15, 0.2) is 6.20 Å². The Hall–Kier alpha value is -3.85. The number of carbonyl (C=O) groups excluding carboxylic acids is 1. The summed E-state index contributed by atoms with van der Waals surface area (Å²) in [4.78, 5) is 11.7. The Morgan fingerprint density at radius 1 is 1.06 bits per heavy atom. The maximum Gasteiger partial charge on any atom is 0.264 e. The molecule has 0 spiro atoms. The predicted molar refractivity (Wildman–Crippen MR) is 117 cm³/mol. The second-order valence-corrected chi connectivity index (χ2v) is 8.36. The van der Waals surface area contributed by atoms with Gasteiger partial charge in [0.25, 0.3) is 10.0 Å². The van der Waals surface area contributed by atoms with Crippen LogP contribution in [0.15, 0.2) is 77.8 Å². The monoisotopic (exact) mass is 439 g/mol. The number of rotatable bonds is 8. The Morgan fingerprint density at radius 2 is 1.74 bits per heavy atom. The molecule has 0 radical (unpaired) electrons. The highest BCUT2D eigenvalue weighted by Gasteiger charge is 2.27. The van der Waals surface area contributed by atoms with Gasteiger partial charge in [0.1, 0.15) is 12.3 Å². The largest absolute Gasteiger partial charge is 0.618 e. The first-order chi connectivity index (χ1) is 14.8. The number of nitrogens with zero attached hydrogens (tertiary/aromatic N) is 2. The highest BCUT2D eigenvalue weighted by atomic mass is 32.2. The molecule has 0 aliphatic carbocycles. The van der Waals surface area contributed by atoms with Crippen molar-refractivity contribution in [3.8, 4) is 5.75 Å². The SMILES string of the molecule is COc1ccc(S(=O)(=O)N(CC(N)=O)c2ccccc2/C=C\c2cccc[n+]2[O-])cc1. The number of amides is 1. The minimum absolute atomic E-state index is 0.0196. The highest BCUT2D eigenvalue weighted by Crippen LogP contribution is 2.29. The molecule has 0 aliphatic heterocycles. The van der Waals surface area contributed by atoms with Gasteiger partial charge in [-0.2, -0.15) is 4.73 Å². The quantitative estimate of drug-likeness (QED) is 0.426. The lowest BCUT2D eigenvalue weighted by Crippen LogP contribution is -2.39. The third-order valence-corrected chi connectivity index (χ3v) is 6.21. The fourth-order valence-corrected chi connectivity index (χ4v) is 4.37. The molecular weight excluding hydrogens is 418 g/mol. The number of aromatic nitrogens is 1. The molecule has 1 amide bonds. The first-order valence-electron chi connectivity index (χ1n) is 9.23. The van der Waals surface area contributed by atoms with Crippen molar-refractivity contribution < 1.29 is 22.7 Å². The average molecular weight is 439 g/mol. The van der Waals surface area contributed by atoms with Crippen LogP contribution in [0.5, 0.6) is 5.75 Å². The molecule has 0 bridgehead atoms. The number of hydrogen-bond acceptors (Lipinski definition) is 5. The van der Waals surface area contributed by atoms with Crippen LogP contribution in [0.4, 0.5) is 5.69 Å². The number of ether oxygens (including phenoxy) is 1. The number of pyridine rings is 1. The van der Waals surface area contributed by atoms with Crippen molar-refractivity contribution in [3.05, 3.63) is 89.4 Å². The van der Waals surface area contributed by atoms with Crippen LogP contribution in [0, 0.1) is 5.21 Å². The molecule has 31 heavy (non-hydrogen) atoms. The Morgan fingerprint density at radius 3 is 2.39 bits per heavy atom. The number of carbonyl (C=O) groups is 1. The summed E-state index contributed by atoms with van der Waals surface area (Å²) >= 11 is 0. The molecule has 160 valence electrons. The van der Waals surface area contributed by atoms with Gasteiger partial charge in [0.2, 0.25) is 11.6 Å². The first-order valence-corrected chi connectivity index (χ1v) is 10.7. The first kappa shape index (κ1) is 21.8. The molecule has 1 heterocycles. The van der Waals surface area contributed by atoms with Crippen LogP contribution in [0.2, 0.25) is 0 Å². The van der Waals surface area contributed by atoms with E-state index < -0.39 is 22.5 Å². The number of hydrogen-bond donors (Lipinski definition) is 1. The third-order valence-electron chi connectivity index (χ3n) is 4.44. The zero-order valence-corrected chi connectivity index (χ0v) is 17.5. The van der Waals surface area contributed by atoms with Gasteiger partial charge in [-0.3, -0.25) is 9.10 Å². The Labute approximate surface area is 180 Å². The lowest BCUT2D eigenvalue weighted by atomic mass is 10.1. The minimum Gasteiger partial charge on any atom is -0.618 e. The van der Waals surface area contributed by atoms with E-state index in [0.29, 0.717) is 21.7 Å². The van der Waals surface area contributed by atoms with Gasteiger partial charge in [0.05, 0.1) is 17.7 Å². The minimum atomic E-state index is -4.11. The molecule has 2 aromatic carbocycles. The van der Waals surface area contributed by atoms with E-state index in [9.17, 15) is 18.4 Å². The van der Waals surface area contributed by atoms with Crippen LogP contribution in [0.25, 0.3) is 12.2 Å². The standard InChI is InChI=1S/C22H21N3O5S/c1-30-19-11-13-20(14-12-19)31(28,29)25(16-22(23)26)21-8-3-2-6-17(21)9-10-18-7-4-5-15-24(18)27/h2-15H,16H2,1H3,(H2,23,26)/b10-9-. The lowest BCUT2D eigenvalue weighted by Gasteiger charge is -2.25. The number of nitrogens with two attached hydrogens (primary N) is 1. The number of primary amides is 1. The summed E-state index contributed by atoms with van der Waals surface area (Å²) in [5.74, 6) is -0.311. The van der Waals surface area contributed by atoms with Crippen molar-refractivity contribution in [1.29, 1.82) is 0 Å². The fraction of sp³-hybridized carbons (Fsp3) is 0.0909. The van der Waals surface area contributed by atoms with Gasteiger partial charge >= 0.3 is 0 Å². The Balaban J connectivity index is 2.07. The summed E-state index contributed by atoms with van der Waals surface area (Å²) in [7, 11) is -2.64. The molecular formula is C22H21N3O5S. The summed E-state index contributed by atoms with van der Waals surface area (Å²) in [5, 5.41) is 11.9. The van der Waals surface area contributed by atoms with Gasteiger partial charge in [-0.1, -0.05) is 18.2 Å². The van der Waals surface area contributed by atoms with E-state index >= 15 is 0 Å². The second kappa shape index (κ2) is 9.31. The smallest absolute Gasteiger partial charge is 0.264 e. The summed E-state index contributed by atoms with van der Waals surface area (Å²) < 4.78 is 33.4. The van der Waals surface area contributed by atoms with E-state index in [0.717, 1.165) is 4.31 Å². The molecule has 2 N–H and O–H groups in total. The van der Waals surface area contributed by atoms with Gasteiger partial charge in [-0.15, -0.1) is 0 Å². The van der Waals surface area contributed by atoms with Crippen LogP contribution < -0.4 is 19.5 Å². The maximum absolute atomic E-state index is 13.3. The Bertz CT molecular complexity index is 1210. The number of para-hydroxylation sites is 1. The van der Waals surface area contributed by atoms with Crippen LogP contribution in [0.1, 0.15) is 11.3 Å². The van der Waals surface area contributed by atoms with Crippen LogP contribution in [0.3, 0.4) is 0 Å².